The number of benzene rings is 2. The zero-order valence-electron chi connectivity index (χ0n) is 10.8. The Morgan fingerprint density at radius 3 is 2.95 bits per heavy atom. The maximum Gasteiger partial charge on any atom is 0.129 e. The summed E-state index contributed by atoms with van der Waals surface area (Å²) in [7, 11) is 0. The Hall–Kier alpha value is -1.58. The van der Waals surface area contributed by atoms with Crippen LogP contribution in [0.2, 0.25) is 5.02 Å². The summed E-state index contributed by atoms with van der Waals surface area (Å²) < 4.78 is 19.2. The van der Waals surface area contributed by atoms with Gasteiger partial charge in [0.25, 0.3) is 0 Å². The normalized spacial score (nSPS) is 17.1. The molecule has 0 saturated carbocycles. The summed E-state index contributed by atoms with van der Waals surface area (Å²) in [5.41, 5.74) is 2.49. The lowest BCUT2D eigenvalue weighted by molar-refractivity contribution is 0.180. The van der Waals surface area contributed by atoms with Crippen LogP contribution in [-0.2, 0) is 13.0 Å². The lowest BCUT2D eigenvalue weighted by Gasteiger charge is -2.10. The molecule has 0 bridgehead atoms. The van der Waals surface area contributed by atoms with Crippen molar-refractivity contribution in [3.8, 4) is 5.75 Å². The van der Waals surface area contributed by atoms with Crippen molar-refractivity contribution in [1.29, 1.82) is 0 Å². The predicted octanol–water partition coefficient (Wildman–Crippen LogP) is 4.04. The van der Waals surface area contributed by atoms with E-state index in [-0.39, 0.29) is 18.5 Å². The first-order valence-corrected chi connectivity index (χ1v) is 6.89. The van der Waals surface area contributed by atoms with Crippen LogP contribution in [0.4, 0.5) is 4.39 Å². The maximum absolute atomic E-state index is 13.6. The number of aliphatic hydroxyl groups excluding tert-OH is 1. The average molecular weight is 293 g/mol. The molecule has 2 aromatic rings. The molecular formula is C16H14ClFO2. The van der Waals surface area contributed by atoms with Gasteiger partial charge in [0, 0.05) is 10.6 Å². The van der Waals surface area contributed by atoms with Crippen molar-refractivity contribution in [2.24, 2.45) is 0 Å². The molecule has 1 aliphatic carbocycles. The molecule has 20 heavy (non-hydrogen) atoms. The number of rotatable bonds is 3. The van der Waals surface area contributed by atoms with Crippen molar-refractivity contribution >= 4 is 11.6 Å². The van der Waals surface area contributed by atoms with Gasteiger partial charge in [-0.2, -0.15) is 0 Å². The summed E-state index contributed by atoms with van der Waals surface area (Å²) in [6.07, 6.45) is 1.23. The molecule has 1 aliphatic rings. The zero-order valence-corrected chi connectivity index (χ0v) is 11.5. The Bertz CT molecular complexity index is 642. The van der Waals surface area contributed by atoms with Crippen molar-refractivity contribution in [3.63, 3.8) is 0 Å². The summed E-state index contributed by atoms with van der Waals surface area (Å²) in [5, 5.41) is 10.2. The number of hydrogen-bond donors (Lipinski definition) is 1. The lowest BCUT2D eigenvalue weighted by Crippen LogP contribution is -1.99. The summed E-state index contributed by atoms with van der Waals surface area (Å²) in [4.78, 5) is 0. The minimum atomic E-state index is -0.371. The third-order valence-corrected chi connectivity index (χ3v) is 3.80. The molecule has 1 atom stereocenters. The monoisotopic (exact) mass is 292 g/mol. The molecular weight excluding hydrogens is 279 g/mol. The SMILES string of the molecule is O[C@H]1CCc2cc(OCc3cc(Cl)ccc3F)ccc21. The van der Waals surface area contributed by atoms with E-state index in [4.69, 9.17) is 16.3 Å². The number of halogens is 2. The van der Waals surface area contributed by atoms with Crippen LogP contribution in [0.15, 0.2) is 36.4 Å². The second-order valence-corrected chi connectivity index (χ2v) is 5.38. The van der Waals surface area contributed by atoms with Crippen LogP contribution >= 0.6 is 11.6 Å². The minimum absolute atomic E-state index is 0.133. The van der Waals surface area contributed by atoms with Gasteiger partial charge in [0.2, 0.25) is 0 Å². The molecule has 0 aromatic heterocycles. The van der Waals surface area contributed by atoms with E-state index >= 15 is 0 Å². The second-order valence-electron chi connectivity index (χ2n) is 4.94. The van der Waals surface area contributed by atoms with Crippen molar-refractivity contribution in [2.75, 3.05) is 0 Å². The highest BCUT2D eigenvalue weighted by atomic mass is 35.5. The van der Waals surface area contributed by atoms with E-state index in [1.54, 1.807) is 12.1 Å². The van der Waals surface area contributed by atoms with Crippen molar-refractivity contribution < 1.29 is 14.2 Å². The fourth-order valence-corrected chi connectivity index (χ4v) is 2.67. The highest BCUT2D eigenvalue weighted by Crippen LogP contribution is 2.33. The van der Waals surface area contributed by atoms with Gasteiger partial charge in [-0.25, -0.2) is 4.39 Å². The fraction of sp³-hybridized carbons (Fsp3) is 0.250. The maximum atomic E-state index is 13.6. The number of ether oxygens (including phenoxy) is 1. The molecule has 1 N–H and O–H groups in total. The van der Waals surface area contributed by atoms with Gasteiger partial charge in [-0.15, -0.1) is 0 Å². The Balaban J connectivity index is 1.74. The van der Waals surface area contributed by atoms with Gasteiger partial charge < -0.3 is 9.84 Å². The van der Waals surface area contributed by atoms with Gasteiger partial charge in [-0.3, -0.25) is 0 Å². The minimum Gasteiger partial charge on any atom is -0.489 e. The van der Waals surface area contributed by atoms with Gasteiger partial charge in [-0.05, 0) is 54.3 Å². The first kappa shape index (κ1) is 13.4. The fourth-order valence-electron chi connectivity index (χ4n) is 2.48. The van der Waals surface area contributed by atoms with E-state index in [1.165, 1.54) is 12.1 Å². The van der Waals surface area contributed by atoms with Gasteiger partial charge in [0.05, 0.1) is 6.10 Å². The van der Waals surface area contributed by atoms with Crippen molar-refractivity contribution in [2.45, 2.75) is 25.6 Å². The third-order valence-electron chi connectivity index (χ3n) is 3.56. The van der Waals surface area contributed by atoms with Crippen LogP contribution in [-0.4, -0.2) is 5.11 Å². The van der Waals surface area contributed by atoms with Gasteiger partial charge >= 0.3 is 0 Å². The second kappa shape index (κ2) is 5.43. The average Bonchev–Trinajstić information content (AvgIpc) is 2.81. The molecule has 104 valence electrons. The lowest BCUT2D eigenvalue weighted by atomic mass is 10.1. The quantitative estimate of drug-likeness (QED) is 0.925. The first-order chi connectivity index (χ1) is 9.63. The van der Waals surface area contributed by atoms with E-state index in [0.29, 0.717) is 16.3 Å². The Morgan fingerprint density at radius 2 is 2.10 bits per heavy atom. The van der Waals surface area contributed by atoms with Crippen LogP contribution in [0.5, 0.6) is 5.75 Å². The molecule has 2 nitrogen and oxygen atoms in total. The van der Waals surface area contributed by atoms with Crippen LogP contribution in [0, 0.1) is 5.82 Å². The number of hydrogen-bond acceptors (Lipinski definition) is 2. The van der Waals surface area contributed by atoms with Crippen LogP contribution in [0.3, 0.4) is 0 Å². The van der Waals surface area contributed by atoms with Crippen LogP contribution in [0.1, 0.15) is 29.2 Å². The topological polar surface area (TPSA) is 29.5 Å². The summed E-state index contributed by atoms with van der Waals surface area (Å²) >= 11 is 5.84. The predicted molar refractivity (Wildman–Crippen MR) is 75.5 cm³/mol. The van der Waals surface area contributed by atoms with E-state index in [1.807, 2.05) is 12.1 Å². The Morgan fingerprint density at radius 1 is 1.25 bits per heavy atom. The van der Waals surface area contributed by atoms with Gasteiger partial charge in [0.1, 0.15) is 18.2 Å². The summed E-state index contributed by atoms with van der Waals surface area (Å²) in [6, 6.07) is 9.99. The standard InChI is InChI=1S/C16H14ClFO2/c17-12-2-5-15(18)11(7-12)9-20-13-3-4-14-10(8-13)1-6-16(14)19/h2-5,7-8,16,19H,1,6,9H2/t16-/m0/s1. The number of fused-ring (bicyclic) bond motifs is 1. The molecule has 0 spiro atoms. The first-order valence-electron chi connectivity index (χ1n) is 6.51. The van der Waals surface area contributed by atoms with Gasteiger partial charge in [-0.1, -0.05) is 17.7 Å². The third kappa shape index (κ3) is 2.65. The van der Waals surface area contributed by atoms with Crippen molar-refractivity contribution in [3.05, 3.63) is 63.9 Å². The molecule has 4 heteroatoms. The zero-order chi connectivity index (χ0) is 14.1. The highest BCUT2D eigenvalue weighted by molar-refractivity contribution is 6.30. The van der Waals surface area contributed by atoms with Crippen LogP contribution in [0.25, 0.3) is 0 Å². The number of aryl methyl sites for hydroxylation is 1. The van der Waals surface area contributed by atoms with Crippen molar-refractivity contribution in [1.82, 2.24) is 0 Å². The molecule has 3 rings (SSSR count). The Labute approximate surface area is 121 Å². The smallest absolute Gasteiger partial charge is 0.129 e. The van der Waals surface area contributed by atoms with E-state index in [2.05, 4.69) is 0 Å². The van der Waals surface area contributed by atoms with Crippen LogP contribution < -0.4 is 4.74 Å². The largest absolute Gasteiger partial charge is 0.489 e. The van der Waals surface area contributed by atoms with Gasteiger partial charge in [0.15, 0.2) is 0 Å². The molecule has 2 aromatic carbocycles. The molecule has 0 radical (unpaired) electrons. The Kier molecular flexibility index (Phi) is 3.64. The molecule has 0 amide bonds. The molecule has 0 heterocycles. The van der Waals surface area contributed by atoms with E-state index in [0.717, 1.165) is 24.0 Å². The summed E-state index contributed by atoms with van der Waals surface area (Å²) in [6.45, 7) is 0.133. The summed E-state index contributed by atoms with van der Waals surface area (Å²) in [5.74, 6) is 0.350. The molecule has 0 unspecified atom stereocenters. The molecule has 0 fully saturated rings. The van der Waals surface area contributed by atoms with E-state index in [9.17, 15) is 9.50 Å². The number of aliphatic hydroxyl groups is 1. The molecule has 0 aliphatic heterocycles. The molecule has 0 saturated heterocycles. The highest BCUT2D eigenvalue weighted by Gasteiger charge is 2.20. The van der Waals surface area contributed by atoms with E-state index < -0.39 is 0 Å².